The van der Waals surface area contributed by atoms with Crippen LogP contribution in [0.5, 0.6) is 0 Å². The van der Waals surface area contributed by atoms with Gasteiger partial charge >= 0.3 is 0 Å². The van der Waals surface area contributed by atoms with Crippen molar-refractivity contribution in [3.8, 4) is 0 Å². The molecule has 2 heteroatoms. The highest BCUT2D eigenvalue weighted by Crippen LogP contribution is 2.27. The van der Waals surface area contributed by atoms with E-state index in [-0.39, 0.29) is 0 Å². The molecule has 21 heavy (non-hydrogen) atoms. The molecule has 0 saturated heterocycles. The van der Waals surface area contributed by atoms with E-state index in [4.69, 9.17) is 0 Å². The third kappa shape index (κ3) is 4.52. The summed E-state index contributed by atoms with van der Waals surface area (Å²) in [7, 11) is 0. The molecule has 1 atom stereocenters. The zero-order chi connectivity index (χ0) is 14.9. The third-order valence-corrected chi connectivity index (χ3v) is 4.26. The van der Waals surface area contributed by atoms with Gasteiger partial charge in [-0.3, -0.25) is 0 Å². The van der Waals surface area contributed by atoms with E-state index in [1.165, 1.54) is 57.2 Å². The lowest BCUT2D eigenvalue weighted by Gasteiger charge is -2.33. The minimum Gasteiger partial charge on any atom is -0.356 e. The molecule has 0 N–H and O–H groups in total. The summed E-state index contributed by atoms with van der Waals surface area (Å²) in [4.78, 5) is 4.99. The second-order valence-corrected chi connectivity index (χ2v) is 5.96. The van der Waals surface area contributed by atoms with Gasteiger partial charge in [0, 0.05) is 24.6 Å². The minimum absolute atomic E-state index is 0.510. The Kier molecular flexibility index (Phi) is 6.65. The highest BCUT2D eigenvalue weighted by Gasteiger charge is 2.26. The summed E-state index contributed by atoms with van der Waals surface area (Å²) in [6, 6.07) is 10.8. The van der Waals surface area contributed by atoms with Gasteiger partial charge in [-0.15, -0.1) is 0 Å². The Bertz CT molecular complexity index is 413. The molecule has 1 aromatic rings. The van der Waals surface area contributed by atoms with Gasteiger partial charge in [0.05, 0.1) is 0 Å². The molecule has 1 aliphatic rings. The Labute approximate surface area is 130 Å². The van der Waals surface area contributed by atoms with Crippen molar-refractivity contribution in [2.24, 2.45) is 0 Å². The van der Waals surface area contributed by atoms with Crippen LogP contribution in [0, 0.1) is 0 Å². The quantitative estimate of drug-likeness (QED) is 0.563. The number of para-hydroxylation sites is 1. The first-order valence-electron chi connectivity index (χ1n) is 8.64. The van der Waals surface area contributed by atoms with E-state index in [9.17, 15) is 0 Å². The number of rotatable bonds is 9. The first-order valence-corrected chi connectivity index (χ1v) is 8.64. The van der Waals surface area contributed by atoms with Crippen molar-refractivity contribution >= 4 is 5.69 Å². The van der Waals surface area contributed by atoms with E-state index in [1.54, 1.807) is 0 Å². The molecule has 0 aromatic heterocycles. The summed E-state index contributed by atoms with van der Waals surface area (Å²) < 4.78 is 0. The molecule has 0 fully saturated rings. The lowest BCUT2D eigenvalue weighted by molar-refractivity contribution is 0.274. The number of hydrogen-bond donors (Lipinski definition) is 0. The number of nitrogens with zero attached hydrogens (tertiary/aromatic N) is 2. The minimum atomic E-state index is 0.510. The van der Waals surface area contributed by atoms with E-state index in [0.717, 1.165) is 0 Å². The molecule has 1 aromatic carbocycles. The Hall–Kier alpha value is -1.44. The number of unbranched alkanes of at least 4 members (excludes halogenated alkanes) is 4. The van der Waals surface area contributed by atoms with E-state index >= 15 is 0 Å². The highest BCUT2D eigenvalue weighted by atomic mass is 15.4. The SMILES string of the molecule is CCCCCC1N(CCCCC)C=CN1c1ccccc1. The van der Waals surface area contributed by atoms with Crippen molar-refractivity contribution in [3.05, 3.63) is 42.7 Å². The summed E-state index contributed by atoms with van der Waals surface area (Å²) in [5.41, 5.74) is 1.31. The van der Waals surface area contributed by atoms with Gasteiger partial charge in [-0.1, -0.05) is 57.7 Å². The van der Waals surface area contributed by atoms with Gasteiger partial charge in [0.25, 0.3) is 0 Å². The maximum atomic E-state index is 2.54. The summed E-state index contributed by atoms with van der Waals surface area (Å²) in [5, 5.41) is 0. The lowest BCUT2D eigenvalue weighted by atomic mass is 10.1. The normalized spacial score (nSPS) is 17.7. The Balaban J connectivity index is 2.00. The molecule has 1 heterocycles. The van der Waals surface area contributed by atoms with Gasteiger partial charge in [-0.2, -0.15) is 0 Å². The molecule has 0 radical (unpaired) electrons. The largest absolute Gasteiger partial charge is 0.356 e. The summed E-state index contributed by atoms with van der Waals surface area (Å²) in [6.45, 7) is 5.74. The maximum Gasteiger partial charge on any atom is 0.105 e. The van der Waals surface area contributed by atoms with Crippen LogP contribution in [-0.4, -0.2) is 17.6 Å². The van der Waals surface area contributed by atoms with Crippen LogP contribution in [0.4, 0.5) is 5.69 Å². The summed E-state index contributed by atoms with van der Waals surface area (Å²) >= 11 is 0. The smallest absolute Gasteiger partial charge is 0.105 e. The number of benzene rings is 1. The molecule has 2 rings (SSSR count). The monoisotopic (exact) mass is 286 g/mol. The van der Waals surface area contributed by atoms with Gasteiger partial charge < -0.3 is 9.80 Å². The van der Waals surface area contributed by atoms with Crippen molar-refractivity contribution < 1.29 is 0 Å². The van der Waals surface area contributed by atoms with Crippen molar-refractivity contribution in [3.63, 3.8) is 0 Å². The van der Waals surface area contributed by atoms with Gasteiger partial charge in [-0.25, -0.2) is 0 Å². The number of anilines is 1. The van der Waals surface area contributed by atoms with Crippen LogP contribution >= 0.6 is 0 Å². The predicted molar refractivity (Wildman–Crippen MR) is 92.2 cm³/mol. The third-order valence-electron chi connectivity index (χ3n) is 4.26. The van der Waals surface area contributed by atoms with E-state index in [2.05, 4.69) is 66.4 Å². The lowest BCUT2D eigenvalue weighted by Crippen LogP contribution is -2.39. The Morgan fingerprint density at radius 3 is 2.29 bits per heavy atom. The van der Waals surface area contributed by atoms with Gasteiger partial charge in [0.1, 0.15) is 6.17 Å². The van der Waals surface area contributed by atoms with Crippen LogP contribution in [0.25, 0.3) is 0 Å². The fourth-order valence-corrected chi connectivity index (χ4v) is 3.02. The van der Waals surface area contributed by atoms with Gasteiger partial charge in [0.2, 0.25) is 0 Å². The second-order valence-electron chi connectivity index (χ2n) is 5.96. The topological polar surface area (TPSA) is 6.48 Å². The molecule has 0 spiro atoms. The molecule has 0 saturated carbocycles. The fourth-order valence-electron chi connectivity index (χ4n) is 3.02. The van der Waals surface area contributed by atoms with Gasteiger partial charge in [0.15, 0.2) is 0 Å². The molecular weight excluding hydrogens is 256 g/mol. The summed E-state index contributed by atoms with van der Waals surface area (Å²) in [5.74, 6) is 0. The fraction of sp³-hybridized carbons (Fsp3) is 0.579. The molecular formula is C19H30N2. The first-order chi connectivity index (χ1) is 10.4. The Morgan fingerprint density at radius 2 is 1.57 bits per heavy atom. The van der Waals surface area contributed by atoms with Crippen molar-refractivity contribution in [1.29, 1.82) is 0 Å². The highest BCUT2D eigenvalue weighted by molar-refractivity contribution is 5.51. The van der Waals surface area contributed by atoms with Crippen LogP contribution in [0.15, 0.2) is 42.7 Å². The van der Waals surface area contributed by atoms with Crippen LogP contribution in [0.3, 0.4) is 0 Å². The zero-order valence-corrected chi connectivity index (χ0v) is 13.7. The molecule has 0 amide bonds. The van der Waals surface area contributed by atoms with E-state index in [0.29, 0.717) is 6.17 Å². The average molecular weight is 286 g/mol. The summed E-state index contributed by atoms with van der Waals surface area (Å²) in [6.07, 6.45) is 14.2. The molecule has 2 nitrogen and oxygen atoms in total. The Morgan fingerprint density at radius 1 is 0.857 bits per heavy atom. The van der Waals surface area contributed by atoms with Crippen molar-refractivity contribution in [2.75, 3.05) is 11.4 Å². The standard InChI is InChI=1S/C19H30N2/c1-3-5-8-14-19-20(15-11-6-4-2)16-17-21(19)18-12-9-7-10-13-18/h7,9-10,12-13,16-17,19H,3-6,8,11,14-15H2,1-2H3. The van der Waals surface area contributed by atoms with Crippen LogP contribution in [-0.2, 0) is 0 Å². The van der Waals surface area contributed by atoms with Crippen LogP contribution < -0.4 is 4.90 Å². The molecule has 0 aliphatic carbocycles. The average Bonchev–Trinajstić information content (AvgIpc) is 2.92. The van der Waals surface area contributed by atoms with E-state index < -0.39 is 0 Å². The maximum absolute atomic E-state index is 2.54. The second kappa shape index (κ2) is 8.76. The van der Waals surface area contributed by atoms with Crippen molar-refractivity contribution in [1.82, 2.24) is 4.90 Å². The van der Waals surface area contributed by atoms with Gasteiger partial charge in [-0.05, 0) is 31.4 Å². The molecule has 116 valence electrons. The molecule has 1 unspecified atom stereocenters. The van der Waals surface area contributed by atoms with Crippen molar-refractivity contribution in [2.45, 2.75) is 65.0 Å². The molecule has 1 aliphatic heterocycles. The predicted octanol–water partition coefficient (Wildman–Crippen LogP) is 5.38. The first kappa shape index (κ1) is 15.9. The van der Waals surface area contributed by atoms with Crippen LogP contribution in [0.1, 0.15) is 58.8 Å². The van der Waals surface area contributed by atoms with Crippen LogP contribution in [0.2, 0.25) is 0 Å². The van der Waals surface area contributed by atoms with E-state index in [1.807, 2.05) is 0 Å². The molecule has 0 bridgehead atoms. The number of hydrogen-bond acceptors (Lipinski definition) is 2. The zero-order valence-electron chi connectivity index (χ0n) is 13.7.